The van der Waals surface area contributed by atoms with Gasteiger partial charge < -0.3 is 5.32 Å². The van der Waals surface area contributed by atoms with Crippen molar-refractivity contribution in [3.63, 3.8) is 0 Å². The molecule has 1 unspecified atom stereocenters. The number of rotatable bonds is 5. The number of nitrogens with zero attached hydrogens (tertiary/aromatic N) is 3. The highest BCUT2D eigenvalue weighted by molar-refractivity contribution is 7.91. The van der Waals surface area contributed by atoms with E-state index in [9.17, 15) is 13.2 Å². The summed E-state index contributed by atoms with van der Waals surface area (Å²) in [6, 6.07) is 2.62. The maximum atomic E-state index is 12.8. The Hall–Kier alpha value is -1.33. The SMILES string of the molecule is CCN1CCc2nc(NC(=O)C3CCCN3S(=O)(=O)c3cccs3)sc2C1. The van der Waals surface area contributed by atoms with Gasteiger partial charge in [-0.2, -0.15) is 4.31 Å². The van der Waals surface area contributed by atoms with Gasteiger partial charge in [0, 0.05) is 30.9 Å². The largest absolute Gasteiger partial charge is 0.301 e. The maximum Gasteiger partial charge on any atom is 0.253 e. The first-order valence-electron chi connectivity index (χ1n) is 9.06. The number of carbonyl (C=O) groups excluding carboxylic acids is 1. The van der Waals surface area contributed by atoms with Crippen LogP contribution in [0.25, 0.3) is 0 Å². The standard InChI is InChI=1S/C17H22N4O3S3/c1-2-20-9-7-12-14(11-20)26-17(18-12)19-16(22)13-5-3-8-21(13)27(23,24)15-6-4-10-25-15/h4,6,10,13H,2-3,5,7-9,11H2,1H3,(H,18,19,22). The third-order valence-corrected chi connectivity index (χ3v) is 9.33. The zero-order valence-electron chi connectivity index (χ0n) is 15.1. The lowest BCUT2D eigenvalue weighted by atomic mass is 10.2. The number of amides is 1. The van der Waals surface area contributed by atoms with Crippen molar-refractivity contribution in [3.8, 4) is 0 Å². The third kappa shape index (κ3) is 3.68. The molecule has 1 saturated heterocycles. The van der Waals surface area contributed by atoms with Gasteiger partial charge in [0.05, 0.1) is 5.69 Å². The van der Waals surface area contributed by atoms with Crippen molar-refractivity contribution < 1.29 is 13.2 Å². The number of sulfonamides is 1. The van der Waals surface area contributed by atoms with Gasteiger partial charge in [-0.3, -0.25) is 9.69 Å². The zero-order valence-corrected chi connectivity index (χ0v) is 17.5. The van der Waals surface area contributed by atoms with Gasteiger partial charge in [0.15, 0.2) is 5.13 Å². The molecule has 1 N–H and O–H groups in total. The van der Waals surface area contributed by atoms with Crippen LogP contribution in [0.1, 0.15) is 30.3 Å². The predicted octanol–water partition coefficient (Wildman–Crippen LogP) is 2.37. The molecule has 4 rings (SSSR count). The van der Waals surface area contributed by atoms with Crippen LogP contribution in [0.15, 0.2) is 21.7 Å². The van der Waals surface area contributed by atoms with Gasteiger partial charge in [-0.25, -0.2) is 13.4 Å². The number of thiazole rings is 1. The Balaban J connectivity index is 1.49. The summed E-state index contributed by atoms with van der Waals surface area (Å²) >= 11 is 2.68. The molecule has 2 aliphatic rings. The fourth-order valence-corrected chi connectivity index (χ4v) is 7.41. The summed E-state index contributed by atoms with van der Waals surface area (Å²) in [6.45, 7) is 5.35. The molecule has 10 heteroatoms. The first-order chi connectivity index (χ1) is 13.0. The Labute approximate surface area is 167 Å². The van der Waals surface area contributed by atoms with Crippen LogP contribution in [0.2, 0.25) is 0 Å². The lowest BCUT2D eigenvalue weighted by Gasteiger charge is -2.23. The summed E-state index contributed by atoms with van der Waals surface area (Å²) in [5.41, 5.74) is 1.05. The molecule has 27 heavy (non-hydrogen) atoms. The van der Waals surface area contributed by atoms with E-state index in [-0.39, 0.29) is 10.1 Å². The number of hydrogen-bond donors (Lipinski definition) is 1. The van der Waals surface area contributed by atoms with E-state index >= 15 is 0 Å². The van der Waals surface area contributed by atoms with Gasteiger partial charge in [-0.15, -0.1) is 22.7 Å². The number of likely N-dealkylation sites (N-methyl/N-ethyl adjacent to an activating group) is 1. The highest BCUT2D eigenvalue weighted by atomic mass is 32.2. The Kier molecular flexibility index (Phi) is 5.34. The smallest absolute Gasteiger partial charge is 0.253 e. The van der Waals surface area contributed by atoms with Gasteiger partial charge in [-0.05, 0) is 30.8 Å². The van der Waals surface area contributed by atoms with Crippen molar-refractivity contribution in [1.29, 1.82) is 0 Å². The summed E-state index contributed by atoms with van der Waals surface area (Å²) in [4.78, 5) is 20.9. The normalized spacial score (nSPS) is 21.3. The maximum absolute atomic E-state index is 12.8. The van der Waals surface area contributed by atoms with E-state index in [1.165, 1.54) is 31.9 Å². The van der Waals surface area contributed by atoms with Crippen LogP contribution in [-0.2, 0) is 27.8 Å². The minimum atomic E-state index is -3.63. The molecular weight excluding hydrogens is 404 g/mol. The van der Waals surface area contributed by atoms with Crippen molar-refractivity contribution in [1.82, 2.24) is 14.2 Å². The second-order valence-corrected chi connectivity index (χ2v) is 10.9. The minimum absolute atomic E-state index is 0.284. The molecule has 0 aromatic carbocycles. The van der Waals surface area contributed by atoms with E-state index in [4.69, 9.17) is 0 Å². The quantitative estimate of drug-likeness (QED) is 0.794. The van der Waals surface area contributed by atoms with Crippen LogP contribution in [0.5, 0.6) is 0 Å². The number of nitrogens with one attached hydrogen (secondary N) is 1. The van der Waals surface area contributed by atoms with Gasteiger partial charge in [0.1, 0.15) is 10.3 Å². The van der Waals surface area contributed by atoms with E-state index in [2.05, 4.69) is 22.1 Å². The van der Waals surface area contributed by atoms with Crippen LogP contribution in [0, 0.1) is 0 Å². The first-order valence-corrected chi connectivity index (χ1v) is 12.2. The molecule has 7 nitrogen and oxygen atoms in total. The Morgan fingerprint density at radius 1 is 1.41 bits per heavy atom. The van der Waals surface area contributed by atoms with Crippen molar-refractivity contribution >= 4 is 43.7 Å². The lowest BCUT2D eigenvalue weighted by molar-refractivity contribution is -0.119. The Bertz CT molecular complexity index is 923. The Morgan fingerprint density at radius 3 is 3.00 bits per heavy atom. The zero-order chi connectivity index (χ0) is 19.0. The highest BCUT2D eigenvalue weighted by Crippen LogP contribution is 2.31. The molecule has 0 radical (unpaired) electrons. The van der Waals surface area contributed by atoms with Gasteiger partial charge in [0.25, 0.3) is 10.0 Å². The number of fused-ring (bicyclic) bond motifs is 1. The molecule has 1 atom stereocenters. The van der Waals surface area contributed by atoms with Crippen LogP contribution in [0.3, 0.4) is 0 Å². The summed E-state index contributed by atoms with van der Waals surface area (Å²) in [7, 11) is -3.63. The van der Waals surface area contributed by atoms with Crippen LogP contribution in [-0.4, -0.2) is 54.2 Å². The van der Waals surface area contributed by atoms with E-state index in [0.29, 0.717) is 24.5 Å². The molecule has 146 valence electrons. The summed E-state index contributed by atoms with van der Waals surface area (Å²) in [5.74, 6) is -0.286. The highest BCUT2D eigenvalue weighted by Gasteiger charge is 2.40. The van der Waals surface area contributed by atoms with Crippen molar-refractivity contribution in [2.45, 2.75) is 43.0 Å². The van der Waals surface area contributed by atoms with E-state index < -0.39 is 16.1 Å². The number of hydrogen-bond acceptors (Lipinski definition) is 7. The Morgan fingerprint density at radius 2 is 2.26 bits per heavy atom. The monoisotopic (exact) mass is 426 g/mol. The van der Waals surface area contributed by atoms with Crippen molar-refractivity contribution in [3.05, 3.63) is 28.1 Å². The topological polar surface area (TPSA) is 82.6 Å². The van der Waals surface area contributed by atoms with E-state index in [1.807, 2.05) is 0 Å². The fourth-order valence-electron chi connectivity index (χ4n) is 3.58. The number of anilines is 1. The van der Waals surface area contributed by atoms with Crippen LogP contribution < -0.4 is 5.32 Å². The molecular formula is C17H22N4O3S3. The molecule has 0 saturated carbocycles. The predicted molar refractivity (Wildman–Crippen MR) is 107 cm³/mol. The molecule has 2 aromatic rings. The van der Waals surface area contributed by atoms with E-state index in [0.717, 1.165) is 31.7 Å². The van der Waals surface area contributed by atoms with Crippen LogP contribution in [0.4, 0.5) is 5.13 Å². The van der Waals surface area contributed by atoms with Gasteiger partial charge in [-0.1, -0.05) is 13.0 Å². The van der Waals surface area contributed by atoms with Gasteiger partial charge >= 0.3 is 0 Å². The summed E-state index contributed by atoms with van der Waals surface area (Å²) in [5, 5.41) is 5.17. The molecule has 1 fully saturated rings. The molecule has 0 aliphatic carbocycles. The molecule has 0 spiro atoms. The van der Waals surface area contributed by atoms with Gasteiger partial charge in [0.2, 0.25) is 5.91 Å². The second-order valence-electron chi connectivity index (χ2n) is 6.70. The minimum Gasteiger partial charge on any atom is -0.301 e. The summed E-state index contributed by atoms with van der Waals surface area (Å²) < 4.78 is 27.3. The van der Waals surface area contributed by atoms with Crippen molar-refractivity contribution in [2.75, 3.05) is 25.0 Å². The molecule has 4 heterocycles. The lowest BCUT2D eigenvalue weighted by Crippen LogP contribution is -2.42. The van der Waals surface area contributed by atoms with Crippen LogP contribution >= 0.6 is 22.7 Å². The number of thiophene rings is 1. The van der Waals surface area contributed by atoms with Crippen molar-refractivity contribution in [2.24, 2.45) is 0 Å². The molecule has 1 amide bonds. The fraction of sp³-hybridized carbons (Fsp3) is 0.529. The average molecular weight is 427 g/mol. The molecule has 2 aromatic heterocycles. The number of carbonyl (C=O) groups is 1. The third-order valence-electron chi connectivity index (χ3n) is 5.05. The average Bonchev–Trinajstić information content (AvgIpc) is 3.39. The molecule has 0 bridgehead atoms. The van der Waals surface area contributed by atoms with E-state index in [1.54, 1.807) is 17.5 Å². The molecule has 2 aliphatic heterocycles. The summed E-state index contributed by atoms with van der Waals surface area (Å²) in [6.07, 6.45) is 2.10. The number of aromatic nitrogens is 1. The second kappa shape index (κ2) is 7.59. The first kappa shape index (κ1) is 19.0.